The minimum absolute atomic E-state index is 0.301. The summed E-state index contributed by atoms with van der Waals surface area (Å²) < 4.78 is 21.2. The Morgan fingerprint density at radius 2 is 1.60 bits per heavy atom. The average molecular weight is 411 g/mol. The zero-order chi connectivity index (χ0) is 21.7. The van der Waals surface area contributed by atoms with Crippen LogP contribution in [0, 0.1) is 0 Å². The van der Waals surface area contributed by atoms with Gasteiger partial charge in [0.2, 0.25) is 0 Å². The van der Waals surface area contributed by atoms with Gasteiger partial charge in [-0.2, -0.15) is 5.10 Å². The molecule has 1 aromatic heterocycles. The van der Waals surface area contributed by atoms with E-state index in [1.165, 1.54) is 14.2 Å². The van der Waals surface area contributed by atoms with Gasteiger partial charge in [0.1, 0.15) is 17.2 Å². The molecule has 0 aliphatic heterocycles. The topological polar surface area (TPSA) is 94.7 Å². The number of anilines is 1. The van der Waals surface area contributed by atoms with Crippen LogP contribution in [0.4, 0.5) is 5.69 Å². The zero-order valence-corrected chi connectivity index (χ0v) is 17.7. The number of hydrogen-bond acceptors (Lipinski definition) is 6. The largest absolute Gasteiger partial charge is 0.497 e. The van der Waals surface area contributed by atoms with Crippen molar-refractivity contribution >= 4 is 11.6 Å². The summed E-state index contributed by atoms with van der Waals surface area (Å²) in [5.74, 6) is 1.95. The third-order valence-electron chi connectivity index (χ3n) is 4.70. The average Bonchev–Trinajstić information content (AvgIpc) is 3.20. The van der Waals surface area contributed by atoms with E-state index in [1.807, 2.05) is 19.1 Å². The lowest BCUT2D eigenvalue weighted by Gasteiger charge is -2.12. The van der Waals surface area contributed by atoms with E-state index in [1.54, 1.807) is 38.5 Å². The van der Waals surface area contributed by atoms with E-state index in [-0.39, 0.29) is 5.91 Å². The molecule has 1 amide bonds. The van der Waals surface area contributed by atoms with Gasteiger partial charge in [-0.05, 0) is 36.8 Å². The predicted molar refractivity (Wildman–Crippen MR) is 114 cm³/mol. The van der Waals surface area contributed by atoms with Crippen LogP contribution in [0.15, 0.2) is 36.4 Å². The maximum absolute atomic E-state index is 13.0. The van der Waals surface area contributed by atoms with Gasteiger partial charge in [0, 0.05) is 17.2 Å². The van der Waals surface area contributed by atoms with Crippen LogP contribution in [0.5, 0.6) is 23.0 Å². The van der Waals surface area contributed by atoms with Crippen molar-refractivity contribution in [3.8, 4) is 34.3 Å². The first-order valence-electron chi connectivity index (χ1n) is 9.38. The second kappa shape index (κ2) is 9.21. The van der Waals surface area contributed by atoms with E-state index < -0.39 is 0 Å². The highest BCUT2D eigenvalue weighted by Gasteiger charge is 2.19. The molecule has 3 aromatic rings. The molecule has 0 bridgehead atoms. The van der Waals surface area contributed by atoms with Crippen LogP contribution < -0.4 is 24.3 Å². The Bertz CT molecular complexity index is 1020. The van der Waals surface area contributed by atoms with E-state index in [4.69, 9.17) is 18.9 Å². The highest BCUT2D eigenvalue weighted by atomic mass is 16.5. The van der Waals surface area contributed by atoms with Crippen molar-refractivity contribution in [1.82, 2.24) is 10.2 Å². The standard InChI is InChI=1S/C22H25N3O5/c1-6-17-21(23-22(26)14-9-15(27-2)12-16(10-14)28-3)20(25-24-17)13-7-8-18(29-4)19(11-13)30-5/h7-12H,6H2,1-5H3,(H,23,26)(H,24,25). The molecule has 3 rings (SSSR count). The number of nitrogens with one attached hydrogen (secondary N) is 2. The van der Waals surface area contributed by atoms with Crippen molar-refractivity contribution in [3.05, 3.63) is 47.7 Å². The molecule has 1 heterocycles. The van der Waals surface area contributed by atoms with Crippen molar-refractivity contribution in [2.45, 2.75) is 13.3 Å². The van der Waals surface area contributed by atoms with E-state index >= 15 is 0 Å². The maximum Gasteiger partial charge on any atom is 0.256 e. The lowest BCUT2D eigenvalue weighted by atomic mass is 10.1. The molecule has 2 N–H and O–H groups in total. The highest BCUT2D eigenvalue weighted by molar-refractivity contribution is 6.07. The third-order valence-corrected chi connectivity index (χ3v) is 4.70. The molecule has 0 radical (unpaired) electrons. The van der Waals surface area contributed by atoms with Crippen LogP contribution in [0.3, 0.4) is 0 Å². The Hall–Kier alpha value is -3.68. The van der Waals surface area contributed by atoms with Crippen molar-refractivity contribution in [1.29, 1.82) is 0 Å². The first-order chi connectivity index (χ1) is 14.5. The van der Waals surface area contributed by atoms with Gasteiger partial charge >= 0.3 is 0 Å². The number of nitrogens with zero attached hydrogens (tertiary/aromatic N) is 1. The van der Waals surface area contributed by atoms with Crippen molar-refractivity contribution in [2.75, 3.05) is 33.8 Å². The number of ether oxygens (including phenoxy) is 4. The first kappa shape index (κ1) is 21.0. The van der Waals surface area contributed by atoms with Crippen LogP contribution in [0.2, 0.25) is 0 Å². The number of benzene rings is 2. The van der Waals surface area contributed by atoms with Crippen molar-refractivity contribution in [2.24, 2.45) is 0 Å². The molecule has 0 unspecified atom stereocenters. The number of H-pyrrole nitrogens is 1. The van der Waals surface area contributed by atoms with Gasteiger partial charge in [0.05, 0.1) is 39.8 Å². The van der Waals surface area contributed by atoms with Crippen LogP contribution >= 0.6 is 0 Å². The Morgan fingerprint density at radius 3 is 2.17 bits per heavy atom. The summed E-state index contributed by atoms with van der Waals surface area (Å²) in [6.07, 6.45) is 0.664. The fourth-order valence-corrected chi connectivity index (χ4v) is 3.09. The predicted octanol–water partition coefficient (Wildman–Crippen LogP) is 3.93. The molecule has 0 atom stereocenters. The number of aryl methyl sites for hydroxylation is 1. The van der Waals surface area contributed by atoms with Gasteiger partial charge in [-0.25, -0.2) is 0 Å². The summed E-state index contributed by atoms with van der Waals surface area (Å²) in [6, 6.07) is 10.5. The van der Waals surface area contributed by atoms with E-state index in [2.05, 4.69) is 15.5 Å². The molecular weight excluding hydrogens is 386 g/mol. The smallest absolute Gasteiger partial charge is 0.256 e. The number of rotatable bonds is 8. The van der Waals surface area contributed by atoms with Gasteiger partial charge in [0.25, 0.3) is 5.91 Å². The number of carbonyl (C=O) groups excluding carboxylic acids is 1. The summed E-state index contributed by atoms with van der Waals surface area (Å²) in [6.45, 7) is 1.98. The summed E-state index contributed by atoms with van der Waals surface area (Å²) >= 11 is 0. The molecule has 0 saturated carbocycles. The fourth-order valence-electron chi connectivity index (χ4n) is 3.09. The van der Waals surface area contributed by atoms with Crippen molar-refractivity contribution < 1.29 is 23.7 Å². The second-order valence-corrected chi connectivity index (χ2v) is 6.40. The van der Waals surface area contributed by atoms with Gasteiger partial charge in [0.15, 0.2) is 11.5 Å². The summed E-state index contributed by atoms with van der Waals surface area (Å²) in [7, 11) is 6.23. The molecule has 0 aliphatic carbocycles. The molecule has 0 fully saturated rings. The van der Waals surface area contributed by atoms with Crippen molar-refractivity contribution in [3.63, 3.8) is 0 Å². The summed E-state index contributed by atoms with van der Waals surface area (Å²) in [4.78, 5) is 13.0. The lowest BCUT2D eigenvalue weighted by molar-refractivity contribution is 0.102. The van der Waals surface area contributed by atoms with Crippen LogP contribution in [0.1, 0.15) is 23.0 Å². The summed E-state index contributed by atoms with van der Waals surface area (Å²) in [5, 5.41) is 10.4. The fraction of sp³-hybridized carbons (Fsp3) is 0.273. The SMILES string of the molecule is CCc1[nH]nc(-c2ccc(OC)c(OC)c2)c1NC(=O)c1cc(OC)cc(OC)c1. The number of aromatic nitrogens is 2. The molecule has 30 heavy (non-hydrogen) atoms. The molecule has 2 aromatic carbocycles. The lowest BCUT2D eigenvalue weighted by Crippen LogP contribution is -2.13. The monoisotopic (exact) mass is 411 g/mol. The highest BCUT2D eigenvalue weighted by Crippen LogP contribution is 2.36. The van der Waals surface area contributed by atoms with Gasteiger partial charge in [-0.3, -0.25) is 9.89 Å². The molecule has 8 heteroatoms. The first-order valence-corrected chi connectivity index (χ1v) is 9.38. The normalized spacial score (nSPS) is 10.4. The molecular formula is C22H25N3O5. The number of methoxy groups -OCH3 is 4. The molecule has 0 spiro atoms. The zero-order valence-electron chi connectivity index (χ0n) is 17.7. The second-order valence-electron chi connectivity index (χ2n) is 6.40. The number of carbonyl (C=O) groups is 1. The quantitative estimate of drug-likeness (QED) is 0.583. The Labute approximate surface area is 175 Å². The van der Waals surface area contributed by atoms with Crippen LogP contribution in [-0.4, -0.2) is 44.5 Å². The molecule has 158 valence electrons. The summed E-state index contributed by atoms with van der Waals surface area (Å²) in [5.41, 5.74) is 3.21. The van der Waals surface area contributed by atoms with Gasteiger partial charge in [-0.15, -0.1) is 0 Å². The Kier molecular flexibility index (Phi) is 6.46. The number of amides is 1. The van der Waals surface area contributed by atoms with Gasteiger partial charge in [-0.1, -0.05) is 6.92 Å². The molecule has 8 nitrogen and oxygen atoms in total. The van der Waals surface area contributed by atoms with E-state index in [0.717, 1.165) is 11.3 Å². The molecule has 0 aliphatic rings. The number of hydrogen-bond donors (Lipinski definition) is 2. The van der Waals surface area contributed by atoms with Crippen LogP contribution in [-0.2, 0) is 6.42 Å². The van der Waals surface area contributed by atoms with E-state index in [0.29, 0.717) is 46.4 Å². The van der Waals surface area contributed by atoms with Gasteiger partial charge < -0.3 is 24.3 Å². The Balaban J connectivity index is 1.99. The Morgan fingerprint density at radius 1 is 0.933 bits per heavy atom. The minimum atomic E-state index is -0.301. The maximum atomic E-state index is 13.0. The molecule has 0 saturated heterocycles. The third kappa shape index (κ3) is 4.17. The minimum Gasteiger partial charge on any atom is -0.497 e. The van der Waals surface area contributed by atoms with E-state index in [9.17, 15) is 4.79 Å². The number of aromatic amines is 1. The van der Waals surface area contributed by atoms with Crippen LogP contribution in [0.25, 0.3) is 11.3 Å².